The third-order valence-electron chi connectivity index (χ3n) is 2.71. The van der Waals surface area contributed by atoms with Gasteiger partial charge in [0.15, 0.2) is 5.78 Å². The van der Waals surface area contributed by atoms with Crippen LogP contribution in [0.3, 0.4) is 0 Å². The summed E-state index contributed by atoms with van der Waals surface area (Å²) in [7, 11) is 1.66. The van der Waals surface area contributed by atoms with Crippen LogP contribution < -0.4 is 4.74 Å². The fourth-order valence-electron chi connectivity index (χ4n) is 1.76. The molecule has 0 unspecified atom stereocenters. The van der Waals surface area contributed by atoms with Gasteiger partial charge in [0.25, 0.3) is 0 Å². The van der Waals surface area contributed by atoms with E-state index in [4.69, 9.17) is 9.47 Å². The number of hydrogen-bond donors (Lipinski definition) is 0. The average molecular weight is 256 g/mol. The molecule has 0 spiro atoms. The van der Waals surface area contributed by atoms with E-state index in [1.165, 1.54) is 0 Å². The number of hydrogen-bond acceptors (Lipinski definition) is 3. The SMILES string of the molecule is COCc1cccc(Oc2ccc(C(C)=O)cc2)c1. The highest BCUT2D eigenvalue weighted by Gasteiger charge is 2.01. The number of methoxy groups -OCH3 is 1. The van der Waals surface area contributed by atoms with Crippen molar-refractivity contribution >= 4 is 5.78 Å². The Morgan fingerprint density at radius 3 is 2.42 bits per heavy atom. The van der Waals surface area contributed by atoms with Crippen LogP contribution in [0.15, 0.2) is 48.5 Å². The molecule has 0 fully saturated rings. The van der Waals surface area contributed by atoms with Crippen LogP contribution in [0.25, 0.3) is 0 Å². The number of ketones is 1. The van der Waals surface area contributed by atoms with Gasteiger partial charge in [-0.3, -0.25) is 4.79 Å². The fraction of sp³-hybridized carbons (Fsp3) is 0.188. The van der Waals surface area contributed by atoms with E-state index < -0.39 is 0 Å². The summed E-state index contributed by atoms with van der Waals surface area (Å²) >= 11 is 0. The number of Topliss-reactive ketones (excluding diaryl/α,β-unsaturated/α-hetero) is 1. The molecule has 3 heteroatoms. The Morgan fingerprint density at radius 2 is 1.79 bits per heavy atom. The van der Waals surface area contributed by atoms with Gasteiger partial charge in [0.05, 0.1) is 6.61 Å². The topological polar surface area (TPSA) is 35.5 Å². The first kappa shape index (κ1) is 13.3. The molecule has 0 aromatic heterocycles. The maximum Gasteiger partial charge on any atom is 0.159 e. The molecule has 0 heterocycles. The lowest BCUT2D eigenvalue weighted by Crippen LogP contribution is -1.92. The number of ether oxygens (including phenoxy) is 2. The highest BCUT2D eigenvalue weighted by molar-refractivity contribution is 5.94. The van der Waals surface area contributed by atoms with E-state index in [1.54, 1.807) is 38.3 Å². The maximum absolute atomic E-state index is 11.2. The number of benzene rings is 2. The van der Waals surface area contributed by atoms with Gasteiger partial charge < -0.3 is 9.47 Å². The first-order chi connectivity index (χ1) is 9.19. The molecule has 0 amide bonds. The summed E-state index contributed by atoms with van der Waals surface area (Å²) < 4.78 is 10.8. The molecule has 98 valence electrons. The molecule has 19 heavy (non-hydrogen) atoms. The number of carbonyl (C=O) groups excluding carboxylic acids is 1. The predicted molar refractivity (Wildman–Crippen MR) is 73.7 cm³/mol. The third kappa shape index (κ3) is 3.66. The van der Waals surface area contributed by atoms with E-state index in [1.807, 2.05) is 24.3 Å². The van der Waals surface area contributed by atoms with Crippen molar-refractivity contribution in [1.29, 1.82) is 0 Å². The lowest BCUT2D eigenvalue weighted by Gasteiger charge is -2.07. The molecule has 2 aromatic carbocycles. The second-order valence-corrected chi connectivity index (χ2v) is 4.26. The largest absolute Gasteiger partial charge is 0.457 e. The summed E-state index contributed by atoms with van der Waals surface area (Å²) in [4.78, 5) is 11.2. The summed E-state index contributed by atoms with van der Waals surface area (Å²) in [5.74, 6) is 1.51. The Hall–Kier alpha value is -2.13. The second kappa shape index (κ2) is 6.16. The number of rotatable bonds is 5. The van der Waals surface area contributed by atoms with Crippen molar-refractivity contribution in [2.45, 2.75) is 13.5 Å². The standard InChI is InChI=1S/C16H16O3/c1-12(17)14-6-8-15(9-7-14)19-16-5-3-4-13(10-16)11-18-2/h3-10H,11H2,1-2H3. The Kier molecular flexibility index (Phi) is 4.31. The van der Waals surface area contributed by atoms with Crippen LogP contribution in [-0.4, -0.2) is 12.9 Å². The molecule has 0 aliphatic heterocycles. The molecule has 0 bridgehead atoms. The highest BCUT2D eigenvalue weighted by Crippen LogP contribution is 2.23. The zero-order valence-electron chi connectivity index (χ0n) is 11.1. The molecule has 2 rings (SSSR count). The molecule has 3 nitrogen and oxygen atoms in total. The van der Waals surface area contributed by atoms with Gasteiger partial charge in [-0.15, -0.1) is 0 Å². The molecule has 2 aromatic rings. The van der Waals surface area contributed by atoms with Crippen LogP contribution >= 0.6 is 0 Å². The van der Waals surface area contributed by atoms with Crippen molar-refractivity contribution < 1.29 is 14.3 Å². The van der Waals surface area contributed by atoms with Crippen LogP contribution in [0, 0.1) is 0 Å². The van der Waals surface area contributed by atoms with Gasteiger partial charge in [-0.25, -0.2) is 0 Å². The van der Waals surface area contributed by atoms with Crippen LogP contribution in [0.5, 0.6) is 11.5 Å². The van der Waals surface area contributed by atoms with E-state index in [-0.39, 0.29) is 5.78 Å². The van der Waals surface area contributed by atoms with Gasteiger partial charge in [0.2, 0.25) is 0 Å². The smallest absolute Gasteiger partial charge is 0.159 e. The van der Waals surface area contributed by atoms with Crippen molar-refractivity contribution in [3.8, 4) is 11.5 Å². The zero-order chi connectivity index (χ0) is 13.7. The van der Waals surface area contributed by atoms with E-state index >= 15 is 0 Å². The lowest BCUT2D eigenvalue weighted by atomic mass is 10.1. The van der Waals surface area contributed by atoms with Crippen LogP contribution in [0.1, 0.15) is 22.8 Å². The molecule has 0 saturated carbocycles. The summed E-state index contributed by atoms with van der Waals surface area (Å²) in [6.45, 7) is 2.10. The van der Waals surface area contributed by atoms with Gasteiger partial charge in [-0.2, -0.15) is 0 Å². The minimum absolute atomic E-state index is 0.0497. The number of carbonyl (C=O) groups is 1. The van der Waals surface area contributed by atoms with Gasteiger partial charge >= 0.3 is 0 Å². The van der Waals surface area contributed by atoms with Gasteiger partial charge in [-0.1, -0.05) is 12.1 Å². The van der Waals surface area contributed by atoms with E-state index in [0.717, 1.165) is 11.3 Å². The van der Waals surface area contributed by atoms with Crippen molar-refractivity contribution in [3.63, 3.8) is 0 Å². The Balaban J connectivity index is 2.12. The van der Waals surface area contributed by atoms with Gasteiger partial charge in [0.1, 0.15) is 11.5 Å². The maximum atomic E-state index is 11.2. The van der Waals surface area contributed by atoms with Crippen molar-refractivity contribution in [2.24, 2.45) is 0 Å². The molecule has 0 aliphatic rings. The van der Waals surface area contributed by atoms with Gasteiger partial charge in [0, 0.05) is 12.7 Å². The first-order valence-electron chi connectivity index (χ1n) is 6.06. The van der Waals surface area contributed by atoms with E-state index in [2.05, 4.69) is 0 Å². The Labute approximate surface area is 112 Å². The molecular formula is C16H16O3. The minimum atomic E-state index is 0.0497. The summed E-state index contributed by atoms with van der Waals surface area (Å²) in [5, 5.41) is 0. The Bertz CT molecular complexity index is 558. The van der Waals surface area contributed by atoms with Crippen molar-refractivity contribution in [3.05, 3.63) is 59.7 Å². The highest BCUT2D eigenvalue weighted by atomic mass is 16.5. The van der Waals surface area contributed by atoms with E-state index in [0.29, 0.717) is 17.9 Å². The summed E-state index contributed by atoms with van der Waals surface area (Å²) in [6.07, 6.45) is 0. The normalized spacial score (nSPS) is 10.2. The zero-order valence-corrected chi connectivity index (χ0v) is 11.1. The molecule has 0 atom stereocenters. The van der Waals surface area contributed by atoms with Crippen LogP contribution in [0.2, 0.25) is 0 Å². The first-order valence-corrected chi connectivity index (χ1v) is 6.06. The lowest BCUT2D eigenvalue weighted by molar-refractivity contribution is 0.101. The molecular weight excluding hydrogens is 240 g/mol. The summed E-state index contributed by atoms with van der Waals surface area (Å²) in [5.41, 5.74) is 1.74. The summed E-state index contributed by atoms with van der Waals surface area (Å²) in [6, 6.07) is 14.8. The molecule has 0 aliphatic carbocycles. The molecule has 0 N–H and O–H groups in total. The monoisotopic (exact) mass is 256 g/mol. The van der Waals surface area contributed by atoms with Crippen LogP contribution in [0.4, 0.5) is 0 Å². The molecule has 0 saturated heterocycles. The van der Waals surface area contributed by atoms with Crippen molar-refractivity contribution in [1.82, 2.24) is 0 Å². The predicted octanol–water partition coefficient (Wildman–Crippen LogP) is 3.83. The van der Waals surface area contributed by atoms with E-state index in [9.17, 15) is 4.79 Å². The Morgan fingerprint density at radius 1 is 1.05 bits per heavy atom. The fourth-order valence-corrected chi connectivity index (χ4v) is 1.76. The molecule has 0 radical (unpaired) electrons. The second-order valence-electron chi connectivity index (χ2n) is 4.26. The average Bonchev–Trinajstić information content (AvgIpc) is 2.40. The minimum Gasteiger partial charge on any atom is -0.457 e. The quantitative estimate of drug-likeness (QED) is 0.763. The van der Waals surface area contributed by atoms with Crippen LogP contribution in [-0.2, 0) is 11.3 Å². The van der Waals surface area contributed by atoms with Gasteiger partial charge in [-0.05, 0) is 48.9 Å². The van der Waals surface area contributed by atoms with Crippen molar-refractivity contribution in [2.75, 3.05) is 7.11 Å². The third-order valence-corrected chi connectivity index (χ3v) is 2.71.